The Morgan fingerprint density at radius 2 is 0.706 bits per heavy atom. The zero-order valence-electron chi connectivity index (χ0n) is 20.1. The zero-order chi connectivity index (χ0) is 23.1. The number of rotatable bonds is 8. The van der Waals surface area contributed by atoms with Crippen LogP contribution in [0.4, 0.5) is 0 Å². The fourth-order valence-corrected chi connectivity index (χ4v) is 9.13. The van der Waals surface area contributed by atoms with Crippen LogP contribution in [0.5, 0.6) is 0 Å². The van der Waals surface area contributed by atoms with Gasteiger partial charge in [0.05, 0.1) is 0 Å². The first kappa shape index (κ1) is 27.0. The van der Waals surface area contributed by atoms with Gasteiger partial charge in [-0.1, -0.05) is 121 Å². The molecular formula is C30H33NP2Pd. The summed E-state index contributed by atoms with van der Waals surface area (Å²) in [7, 11) is -0.973. The third-order valence-corrected chi connectivity index (χ3v) is 10.8. The quantitative estimate of drug-likeness (QED) is 0.177. The molecule has 0 spiro atoms. The summed E-state index contributed by atoms with van der Waals surface area (Å²) in [4.78, 5) is 2.73. The molecule has 0 amide bonds. The molecule has 0 aliphatic heterocycles. The van der Waals surface area contributed by atoms with Gasteiger partial charge in [0.1, 0.15) is 0 Å². The van der Waals surface area contributed by atoms with Gasteiger partial charge in [0, 0.05) is 38.5 Å². The van der Waals surface area contributed by atoms with Crippen LogP contribution < -0.4 is 21.2 Å². The van der Waals surface area contributed by atoms with Crippen LogP contribution in [0, 0.1) is 0 Å². The predicted octanol–water partition coefficient (Wildman–Crippen LogP) is 6.27. The van der Waals surface area contributed by atoms with E-state index in [1.165, 1.54) is 21.2 Å². The van der Waals surface area contributed by atoms with Crippen molar-refractivity contribution in [1.29, 1.82) is 0 Å². The van der Waals surface area contributed by atoms with Crippen LogP contribution in [0.25, 0.3) is 0 Å². The van der Waals surface area contributed by atoms with Crippen LogP contribution in [0.3, 0.4) is 0 Å². The van der Waals surface area contributed by atoms with E-state index in [1.54, 1.807) is 0 Å². The summed E-state index contributed by atoms with van der Waals surface area (Å²) in [6.45, 7) is 7.08. The van der Waals surface area contributed by atoms with E-state index in [-0.39, 0.29) is 26.0 Å². The first-order valence-corrected chi connectivity index (χ1v) is 14.6. The van der Waals surface area contributed by atoms with Crippen molar-refractivity contribution in [2.24, 2.45) is 0 Å². The summed E-state index contributed by atoms with van der Waals surface area (Å²) in [5.41, 5.74) is 0.0638. The number of hydrogen-bond acceptors (Lipinski definition) is 1. The molecule has 0 radical (unpaired) electrons. The van der Waals surface area contributed by atoms with E-state index in [0.717, 1.165) is 12.6 Å². The Hall–Kier alpha value is -1.64. The standard InChI is InChI=1S/C30H33NP2.Pd/c1-30(2,3)31(24-32(26-16-8-4-9-17-26)27-18-10-5-11-19-27)25-33(28-20-12-6-13-21-28)29-22-14-7-15-23-29;/h4-23H,24-25H2,1-3H3;. The molecule has 4 heteroatoms. The van der Waals surface area contributed by atoms with Crippen molar-refractivity contribution in [2.45, 2.75) is 26.3 Å². The molecule has 4 rings (SSSR count). The number of hydrogen-bond donors (Lipinski definition) is 0. The zero-order valence-corrected chi connectivity index (χ0v) is 23.5. The number of benzene rings is 4. The van der Waals surface area contributed by atoms with Crippen molar-refractivity contribution in [3.8, 4) is 0 Å². The maximum absolute atomic E-state index is 2.73. The second-order valence-corrected chi connectivity index (χ2v) is 13.5. The molecule has 0 saturated heterocycles. The average Bonchev–Trinajstić information content (AvgIpc) is 2.85. The Kier molecular flexibility index (Phi) is 10.2. The smallest absolute Gasteiger partial charge is 0.0274 e. The second kappa shape index (κ2) is 12.9. The first-order valence-electron chi connectivity index (χ1n) is 11.5. The molecule has 0 fully saturated rings. The van der Waals surface area contributed by atoms with Crippen molar-refractivity contribution >= 4 is 37.1 Å². The monoisotopic (exact) mass is 575 g/mol. The summed E-state index contributed by atoms with van der Waals surface area (Å²) in [6.07, 6.45) is 2.09. The van der Waals surface area contributed by atoms with Crippen molar-refractivity contribution in [2.75, 3.05) is 12.6 Å². The molecule has 34 heavy (non-hydrogen) atoms. The maximum atomic E-state index is 2.73. The third-order valence-electron chi connectivity index (χ3n) is 5.84. The van der Waals surface area contributed by atoms with Crippen molar-refractivity contribution < 1.29 is 20.4 Å². The van der Waals surface area contributed by atoms with Crippen LogP contribution in [0.1, 0.15) is 20.8 Å². The van der Waals surface area contributed by atoms with Crippen LogP contribution in [0.15, 0.2) is 121 Å². The Labute approximate surface area is 221 Å². The molecule has 0 bridgehead atoms. The molecule has 4 aromatic rings. The van der Waals surface area contributed by atoms with Gasteiger partial charge in [0.2, 0.25) is 0 Å². The summed E-state index contributed by atoms with van der Waals surface area (Å²) in [6, 6.07) is 44.3. The van der Waals surface area contributed by atoms with Gasteiger partial charge in [-0.25, -0.2) is 0 Å². The average molecular weight is 576 g/mol. The van der Waals surface area contributed by atoms with Gasteiger partial charge in [-0.15, -0.1) is 0 Å². The van der Waals surface area contributed by atoms with E-state index in [1.807, 2.05) is 0 Å². The minimum absolute atomic E-state index is 0. The molecule has 178 valence electrons. The molecule has 0 heterocycles. The van der Waals surface area contributed by atoms with Gasteiger partial charge in [-0.05, 0) is 57.8 Å². The second-order valence-electron chi connectivity index (χ2n) is 9.19. The van der Waals surface area contributed by atoms with Crippen LogP contribution >= 0.6 is 15.8 Å². The fraction of sp³-hybridized carbons (Fsp3) is 0.200. The summed E-state index contributed by atoms with van der Waals surface area (Å²) >= 11 is 0. The molecule has 0 atom stereocenters. The topological polar surface area (TPSA) is 3.24 Å². The van der Waals surface area contributed by atoms with Gasteiger partial charge in [-0.3, -0.25) is 4.90 Å². The molecule has 1 nitrogen and oxygen atoms in total. The minimum Gasteiger partial charge on any atom is -0.289 e. The molecule has 0 aromatic heterocycles. The van der Waals surface area contributed by atoms with Gasteiger partial charge in [0.25, 0.3) is 0 Å². The van der Waals surface area contributed by atoms with Crippen LogP contribution in [0.2, 0.25) is 0 Å². The van der Waals surface area contributed by atoms with Crippen molar-refractivity contribution in [1.82, 2.24) is 4.90 Å². The first-order chi connectivity index (χ1) is 16.0. The van der Waals surface area contributed by atoms with E-state index in [4.69, 9.17) is 0 Å². The van der Waals surface area contributed by atoms with Crippen LogP contribution in [-0.2, 0) is 20.4 Å². The van der Waals surface area contributed by atoms with E-state index in [9.17, 15) is 0 Å². The fourth-order valence-electron chi connectivity index (χ4n) is 3.87. The molecule has 0 N–H and O–H groups in total. The van der Waals surface area contributed by atoms with E-state index >= 15 is 0 Å². The van der Waals surface area contributed by atoms with Gasteiger partial charge >= 0.3 is 0 Å². The molecule has 0 aliphatic rings. The van der Waals surface area contributed by atoms with Gasteiger partial charge in [-0.2, -0.15) is 0 Å². The Morgan fingerprint density at radius 1 is 0.471 bits per heavy atom. The number of nitrogens with zero attached hydrogens (tertiary/aromatic N) is 1. The molecular weight excluding hydrogens is 543 g/mol. The molecule has 0 unspecified atom stereocenters. The third kappa shape index (κ3) is 7.18. The molecule has 0 saturated carbocycles. The Bertz CT molecular complexity index is 936. The summed E-state index contributed by atoms with van der Waals surface area (Å²) in [5, 5.41) is 5.77. The van der Waals surface area contributed by atoms with Gasteiger partial charge in [0.15, 0.2) is 0 Å². The Morgan fingerprint density at radius 3 is 0.912 bits per heavy atom. The van der Waals surface area contributed by atoms with E-state index < -0.39 is 15.8 Å². The van der Waals surface area contributed by atoms with Crippen molar-refractivity contribution in [3.05, 3.63) is 121 Å². The maximum Gasteiger partial charge on any atom is 0.0274 e. The Balaban J connectivity index is 0.00000324. The molecule has 4 aromatic carbocycles. The van der Waals surface area contributed by atoms with E-state index in [2.05, 4.69) is 147 Å². The summed E-state index contributed by atoms with van der Waals surface area (Å²) < 4.78 is 0. The van der Waals surface area contributed by atoms with Gasteiger partial charge < -0.3 is 0 Å². The largest absolute Gasteiger partial charge is 0.289 e. The predicted molar refractivity (Wildman–Crippen MR) is 149 cm³/mol. The van der Waals surface area contributed by atoms with Crippen molar-refractivity contribution in [3.63, 3.8) is 0 Å². The van der Waals surface area contributed by atoms with Crippen LogP contribution in [-0.4, -0.2) is 23.0 Å². The molecule has 0 aliphatic carbocycles. The SMILES string of the molecule is CC(C)(C)N(CP(c1ccccc1)c1ccccc1)CP(c1ccccc1)c1ccccc1.[Pd]. The minimum atomic E-state index is -0.487. The summed E-state index contributed by atoms with van der Waals surface area (Å²) in [5.74, 6) is 0. The van der Waals surface area contributed by atoms with E-state index in [0.29, 0.717) is 0 Å². The normalized spacial score (nSPS) is 11.6.